The Bertz CT molecular complexity index is 718. The number of nitrogen functional groups attached to an aromatic ring is 1. The van der Waals surface area contributed by atoms with Crippen molar-refractivity contribution < 1.29 is 14.6 Å². The number of anilines is 1. The predicted molar refractivity (Wildman–Crippen MR) is 88.6 cm³/mol. The van der Waals surface area contributed by atoms with Gasteiger partial charge < -0.3 is 20.9 Å². The number of aromatic hydroxyl groups is 1. The highest BCUT2D eigenvalue weighted by atomic mass is 16.5. The summed E-state index contributed by atoms with van der Waals surface area (Å²) in [4.78, 5) is 11.5. The number of hydrogen-bond donors (Lipinski definition) is 3. The zero-order valence-electron chi connectivity index (χ0n) is 12.6. The smallest absolute Gasteiger partial charge is 0.407 e. The van der Waals surface area contributed by atoms with Gasteiger partial charge in [-0.25, -0.2) is 4.79 Å². The fraction of sp³-hybridized carbons (Fsp3) is 0.167. The highest BCUT2D eigenvalue weighted by molar-refractivity contribution is 5.67. The van der Waals surface area contributed by atoms with Crippen molar-refractivity contribution in [1.29, 1.82) is 0 Å². The van der Waals surface area contributed by atoms with Gasteiger partial charge in [-0.1, -0.05) is 42.2 Å². The standard InChI is InChI=1S/C18H18N2O3/c19-16-9-10-17(21)15(12-16)8-4-5-11-20-18(22)23-13-14-6-2-1-3-7-14/h1-3,6-7,9-10,12,21H,5,11,13,19H2,(H,20,22). The van der Waals surface area contributed by atoms with E-state index in [4.69, 9.17) is 10.5 Å². The van der Waals surface area contributed by atoms with Crippen LogP contribution in [0.4, 0.5) is 10.5 Å². The summed E-state index contributed by atoms with van der Waals surface area (Å²) in [5.41, 5.74) is 7.56. The van der Waals surface area contributed by atoms with Crippen molar-refractivity contribution in [3.63, 3.8) is 0 Å². The fourth-order valence-electron chi connectivity index (χ4n) is 1.81. The molecule has 0 fully saturated rings. The van der Waals surface area contributed by atoms with Gasteiger partial charge in [0.25, 0.3) is 0 Å². The number of phenolic OH excluding ortho intramolecular Hbond substituents is 1. The van der Waals surface area contributed by atoms with Crippen LogP contribution in [0.2, 0.25) is 0 Å². The predicted octanol–water partition coefficient (Wildman–Crippen LogP) is 2.64. The molecule has 2 aromatic carbocycles. The molecule has 23 heavy (non-hydrogen) atoms. The maximum Gasteiger partial charge on any atom is 0.407 e. The van der Waals surface area contributed by atoms with Crippen molar-refractivity contribution in [2.75, 3.05) is 12.3 Å². The first-order valence-corrected chi connectivity index (χ1v) is 7.17. The van der Waals surface area contributed by atoms with Crippen LogP contribution in [0, 0.1) is 11.8 Å². The van der Waals surface area contributed by atoms with Gasteiger partial charge >= 0.3 is 6.09 Å². The molecule has 118 valence electrons. The Balaban J connectivity index is 1.70. The molecular weight excluding hydrogens is 292 g/mol. The molecule has 0 saturated heterocycles. The first kappa shape index (κ1) is 16.2. The van der Waals surface area contributed by atoms with Crippen LogP contribution in [0.3, 0.4) is 0 Å². The Morgan fingerprint density at radius 2 is 2.00 bits per heavy atom. The topological polar surface area (TPSA) is 84.6 Å². The summed E-state index contributed by atoms with van der Waals surface area (Å²) in [7, 11) is 0. The minimum absolute atomic E-state index is 0.0851. The van der Waals surface area contributed by atoms with Crippen molar-refractivity contribution in [2.24, 2.45) is 0 Å². The summed E-state index contributed by atoms with van der Waals surface area (Å²) >= 11 is 0. The maximum atomic E-state index is 11.5. The van der Waals surface area contributed by atoms with Gasteiger partial charge in [-0.05, 0) is 23.8 Å². The van der Waals surface area contributed by atoms with Gasteiger partial charge in [-0.2, -0.15) is 0 Å². The van der Waals surface area contributed by atoms with Crippen molar-refractivity contribution >= 4 is 11.8 Å². The molecule has 0 unspecified atom stereocenters. The van der Waals surface area contributed by atoms with Gasteiger partial charge in [0, 0.05) is 18.7 Å². The molecule has 5 heteroatoms. The lowest BCUT2D eigenvalue weighted by molar-refractivity contribution is 0.140. The Kier molecular flexibility index (Phi) is 5.89. The molecule has 0 aliphatic rings. The summed E-state index contributed by atoms with van der Waals surface area (Å²) in [6.07, 6.45) is -0.0447. The molecule has 0 aliphatic heterocycles. The van der Waals surface area contributed by atoms with E-state index in [-0.39, 0.29) is 12.4 Å². The molecule has 2 rings (SSSR count). The second kappa shape index (κ2) is 8.35. The highest BCUT2D eigenvalue weighted by Crippen LogP contribution is 2.18. The van der Waals surface area contributed by atoms with Crippen LogP contribution in [0.1, 0.15) is 17.5 Å². The van der Waals surface area contributed by atoms with Gasteiger partial charge in [-0.3, -0.25) is 0 Å². The first-order chi connectivity index (χ1) is 11.1. The number of benzene rings is 2. The lowest BCUT2D eigenvalue weighted by atomic mass is 10.2. The number of amides is 1. The zero-order valence-corrected chi connectivity index (χ0v) is 12.6. The van der Waals surface area contributed by atoms with E-state index in [0.29, 0.717) is 24.2 Å². The van der Waals surface area contributed by atoms with Crippen molar-refractivity contribution in [1.82, 2.24) is 5.32 Å². The van der Waals surface area contributed by atoms with E-state index in [1.807, 2.05) is 30.3 Å². The quantitative estimate of drug-likeness (QED) is 0.351. The van der Waals surface area contributed by atoms with E-state index < -0.39 is 6.09 Å². The molecule has 0 bridgehead atoms. The number of phenols is 1. The van der Waals surface area contributed by atoms with Gasteiger partial charge in [-0.15, -0.1) is 0 Å². The second-order valence-corrected chi connectivity index (χ2v) is 4.82. The van der Waals surface area contributed by atoms with Crippen LogP contribution in [0.5, 0.6) is 5.75 Å². The molecular formula is C18H18N2O3. The Morgan fingerprint density at radius 1 is 1.22 bits per heavy atom. The molecule has 5 nitrogen and oxygen atoms in total. The van der Waals surface area contributed by atoms with Crippen LogP contribution in [-0.2, 0) is 11.3 Å². The highest BCUT2D eigenvalue weighted by Gasteiger charge is 2.01. The fourth-order valence-corrected chi connectivity index (χ4v) is 1.81. The van der Waals surface area contributed by atoms with E-state index in [2.05, 4.69) is 17.2 Å². The van der Waals surface area contributed by atoms with Crippen molar-refractivity contribution in [3.8, 4) is 17.6 Å². The number of nitrogens with one attached hydrogen (secondary N) is 1. The van der Waals surface area contributed by atoms with E-state index in [9.17, 15) is 9.90 Å². The van der Waals surface area contributed by atoms with Crippen LogP contribution < -0.4 is 11.1 Å². The summed E-state index contributed by atoms with van der Waals surface area (Å²) in [5.74, 6) is 5.76. The van der Waals surface area contributed by atoms with Gasteiger partial charge in [0.05, 0.1) is 5.56 Å². The SMILES string of the molecule is Nc1ccc(O)c(C#CCCNC(=O)OCc2ccccc2)c1. The minimum atomic E-state index is -0.484. The van der Waals surface area contributed by atoms with Gasteiger partial charge in [0.2, 0.25) is 0 Å². The molecule has 0 spiro atoms. The van der Waals surface area contributed by atoms with Crippen molar-refractivity contribution in [2.45, 2.75) is 13.0 Å². The Morgan fingerprint density at radius 3 is 2.78 bits per heavy atom. The summed E-state index contributed by atoms with van der Waals surface area (Å²) in [6, 6.07) is 14.1. The molecule has 0 heterocycles. The van der Waals surface area contributed by atoms with E-state index in [1.54, 1.807) is 12.1 Å². The van der Waals surface area contributed by atoms with Crippen LogP contribution in [0.25, 0.3) is 0 Å². The average Bonchev–Trinajstić information content (AvgIpc) is 2.56. The molecule has 0 radical (unpaired) electrons. The summed E-state index contributed by atoms with van der Waals surface area (Å²) < 4.78 is 5.07. The minimum Gasteiger partial charge on any atom is -0.507 e. The number of hydrogen-bond acceptors (Lipinski definition) is 4. The molecule has 2 aromatic rings. The lowest BCUT2D eigenvalue weighted by Gasteiger charge is -2.05. The monoisotopic (exact) mass is 310 g/mol. The maximum absolute atomic E-state index is 11.5. The number of alkyl carbamates (subject to hydrolysis) is 1. The van der Waals surface area contributed by atoms with E-state index >= 15 is 0 Å². The average molecular weight is 310 g/mol. The Labute approximate surface area is 135 Å². The summed E-state index contributed by atoms with van der Waals surface area (Å²) in [5, 5.41) is 12.2. The third kappa shape index (κ3) is 5.64. The molecule has 0 aliphatic carbocycles. The summed E-state index contributed by atoms with van der Waals surface area (Å²) in [6.45, 7) is 0.596. The molecule has 0 atom stereocenters. The normalized spacial score (nSPS) is 9.57. The number of rotatable bonds is 4. The van der Waals surface area contributed by atoms with Crippen LogP contribution in [-0.4, -0.2) is 17.7 Å². The molecule has 0 saturated carbocycles. The number of ether oxygens (including phenoxy) is 1. The van der Waals surface area contributed by atoms with Gasteiger partial charge in [0.15, 0.2) is 0 Å². The lowest BCUT2D eigenvalue weighted by Crippen LogP contribution is -2.24. The first-order valence-electron chi connectivity index (χ1n) is 7.17. The third-order valence-corrected chi connectivity index (χ3v) is 2.98. The van der Waals surface area contributed by atoms with Crippen LogP contribution >= 0.6 is 0 Å². The van der Waals surface area contributed by atoms with E-state index in [0.717, 1.165) is 5.56 Å². The molecule has 1 amide bonds. The zero-order chi connectivity index (χ0) is 16.5. The largest absolute Gasteiger partial charge is 0.507 e. The van der Waals surface area contributed by atoms with E-state index in [1.165, 1.54) is 6.07 Å². The Hall–Kier alpha value is -3.13. The number of nitrogens with two attached hydrogens (primary N) is 1. The number of carbonyl (C=O) groups is 1. The van der Waals surface area contributed by atoms with Gasteiger partial charge in [0.1, 0.15) is 12.4 Å². The molecule has 4 N–H and O–H groups in total. The molecule has 0 aromatic heterocycles. The van der Waals surface area contributed by atoms with Crippen molar-refractivity contribution in [3.05, 3.63) is 59.7 Å². The third-order valence-electron chi connectivity index (χ3n) is 2.98. The number of carbonyl (C=O) groups excluding carboxylic acids is 1. The second-order valence-electron chi connectivity index (χ2n) is 4.82. The van der Waals surface area contributed by atoms with Crippen LogP contribution in [0.15, 0.2) is 48.5 Å².